The van der Waals surface area contributed by atoms with Crippen LogP contribution in [0.3, 0.4) is 0 Å². The Bertz CT molecular complexity index is 839. The number of nitrogens with zero attached hydrogens (tertiary/aromatic N) is 4. The van der Waals surface area contributed by atoms with E-state index < -0.39 is 5.97 Å². The molecule has 0 spiro atoms. The average Bonchev–Trinajstić information content (AvgIpc) is 3.21. The van der Waals surface area contributed by atoms with Gasteiger partial charge in [0.2, 0.25) is 0 Å². The zero-order valence-corrected chi connectivity index (χ0v) is 16.0. The summed E-state index contributed by atoms with van der Waals surface area (Å²) in [5.41, 5.74) is 3.96. The Morgan fingerprint density at radius 2 is 1.48 bits per heavy atom. The van der Waals surface area contributed by atoms with E-state index in [9.17, 15) is 9.59 Å². The molecule has 0 radical (unpaired) electrons. The van der Waals surface area contributed by atoms with Crippen molar-refractivity contribution in [2.24, 2.45) is 14.1 Å². The predicted molar refractivity (Wildman–Crippen MR) is 97.4 cm³/mol. The second-order valence-corrected chi connectivity index (χ2v) is 7.16. The van der Waals surface area contributed by atoms with Crippen LogP contribution < -0.4 is 0 Å². The molecule has 2 unspecified atom stereocenters. The Morgan fingerprint density at radius 3 is 1.96 bits per heavy atom. The number of methoxy groups -OCH3 is 1. The second kappa shape index (κ2) is 7.94. The number of hydrogen-bond donors (Lipinski definition) is 1. The molecule has 2 aromatic heterocycles. The minimum Gasteiger partial charge on any atom is -0.481 e. The molecule has 2 heterocycles. The molecule has 0 aromatic carbocycles. The number of esters is 1. The number of fused-ring (bicyclic) bond motifs is 2. The molecule has 2 aliphatic rings. The Labute approximate surface area is 158 Å². The summed E-state index contributed by atoms with van der Waals surface area (Å²) >= 11 is 0. The van der Waals surface area contributed by atoms with E-state index in [-0.39, 0.29) is 17.8 Å². The quantitative estimate of drug-likeness (QED) is 0.807. The minimum absolute atomic E-state index is 0.0996. The maximum absolute atomic E-state index is 11.5. The number of rotatable bonds is 2. The third-order valence-corrected chi connectivity index (χ3v) is 5.22. The lowest BCUT2D eigenvalue weighted by Gasteiger charge is -2.18. The van der Waals surface area contributed by atoms with Crippen molar-refractivity contribution in [1.82, 2.24) is 19.6 Å². The summed E-state index contributed by atoms with van der Waals surface area (Å²) in [6.45, 7) is 0. The van der Waals surface area contributed by atoms with Gasteiger partial charge in [-0.25, -0.2) is 0 Å². The third kappa shape index (κ3) is 4.04. The minimum atomic E-state index is -0.728. The zero-order valence-electron chi connectivity index (χ0n) is 16.0. The molecule has 8 nitrogen and oxygen atoms in total. The number of ether oxygens (including phenoxy) is 1. The van der Waals surface area contributed by atoms with Crippen molar-refractivity contribution >= 4 is 11.9 Å². The second-order valence-electron chi connectivity index (χ2n) is 7.16. The number of carboxylic acids is 1. The van der Waals surface area contributed by atoms with E-state index in [0.717, 1.165) is 61.0 Å². The molecule has 0 aliphatic heterocycles. The summed E-state index contributed by atoms with van der Waals surface area (Å²) < 4.78 is 8.25. The van der Waals surface area contributed by atoms with Gasteiger partial charge in [-0.1, -0.05) is 0 Å². The standard InChI is InChI=1S/C10H14N2O2.C9H12N2O2/c1-12-6-8-7(10(13)14-2)4-3-5-9(8)11-12;1-11-5-7-6(9(12)13)3-2-4-8(7)10-11/h6-7H,3-5H2,1-2H3;5-6H,2-4H2,1H3,(H,12,13). The predicted octanol–water partition coefficient (Wildman–Crippen LogP) is 1.94. The first-order valence-corrected chi connectivity index (χ1v) is 9.26. The molecule has 0 saturated heterocycles. The highest BCUT2D eigenvalue weighted by Gasteiger charge is 2.29. The van der Waals surface area contributed by atoms with Gasteiger partial charge in [0.05, 0.1) is 30.3 Å². The van der Waals surface area contributed by atoms with Crippen molar-refractivity contribution in [3.63, 3.8) is 0 Å². The van der Waals surface area contributed by atoms with Crippen LogP contribution in [0.4, 0.5) is 0 Å². The lowest BCUT2D eigenvalue weighted by molar-refractivity contribution is -0.143. The average molecular weight is 374 g/mol. The lowest BCUT2D eigenvalue weighted by Crippen LogP contribution is -2.18. The van der Waals surface area contributed by atoms with E-state index in [2.05, 4.69) is 10.2 Å². The van der Waals surface area contributed by atoms with Gasteiger partial charge in [0.1, 0.15) is 0 Å². The molecule has 4 rings (SSSR count). The number of carbonyl (C=O) groups excluding carboxylic acids is 1. The zero-order chi connectivity index (χ0) is 19.6. The van der Waals surface area contributed by atoms with E-state index in [1.54, 1.807) is 9.36 Å². The van der Waals surface area contributed by atoms with Crippen molar-refractivity contribution in [2.45, 2.75) is 50.4 Å². The van der Waals surface area contributed by atoms with Crippen molar-refractivity contribution in [2.75, 3.05) is 7.11 Å². The Morgan fingerprint density at radius 1 is 1.00 bits per heavy atom. The van der Waals surface area contributed by atoms with Gasteiger partial charge >= 0.3 is 11.9 Å². The third-order valence-electron chi connectivity index (χ3n) is 5.22. The van der Waals surface area contributed by atoms with Gasteiger partial charge in [-0.2, -0.15) is 10.2 Å². The first kappa shape index (κ1) is 19.1. The molecule has 27 heavy (non-hydrogen) atoms. The molecule has 0 bridgehead atoms. The molecule has 0 saturated carbocycles. The molecular weight excluding hydrogens is 348 g/mol. The van der Waals surface area contributed by atoms with Crippen molar-refractivity contribution in [3.8, 4) is 0 Å². The summed E-state index contributed by atoms with van der Waals surface area (Å²) in [5, 5.41) is 17.5. The SMILES string of the molecule is COC(=O)C1CCCc2nn(C)cc21.Cn1cc2c(n1)CCCC2C(=O)O. The Hall–Kier alpha value is -2.64. The summed E-state index contributed by atoms with van der Waals surface area (Å²) in [5.74, 6) is -1.30. The molecule has 2 aromatic rings. The van der Waals surface area contributed by atoms with Crippen molar-refractivity contribution < 1.29 is 19.4 Å². The number of aliphatic carboxylic acids is 1. The van der Waals surface area contributed by atoms with Gasteiger partial charge in [-0.05, 0) is 38.5 Å². The summed E-state index contributed by atoms with van der Waals surface area (Å²) in [6.07, 6.45) is 9.22. The van der Waals surface area contributed by atoms with Gasteiger partial charge in [-0.3, -0.25) is 19.0 Å². The lowest BCUT2D eigenvalue weighted by atomic mass is 9.87. The van der Waals surface area contributed by atoms with Gasteiger partial charge < -0.3 is 9.84 Å². The summed E-state index contributed by atoms with van der Waals surface area (Å²) in [7, 11) is 5.15. The molecular formula is C19H26N4O4. The summed E-state index contributed by atoms with van der Waals surface area (Å²) in [6, 6.07) is 0. The molecule has 0 fully saturated rings. The van der Waals surface area contributed by atoms with E-state index in [4.69, 9.17) is 9.84 Å². The highest BCUT2D eigenvalue weighted by Crippen LogP contribution is 2.32. The Kier molecular flexibility index (Phi) is 5.62. The number of hydrogen-bond acceptors (Lipinski definition) is 5. The maximum Gasteiger partial charge on any atom is 0.313 e. The van der Waals surface area contributed by atoms with Gasteiger partial charge in [0.25, 0.3) is 0 Å². The van der Waals surface area contributed by atoms with Crippen LogP contribution in [-0.2, 0) is 41.3 Å². The summed E-state index contributed by atoms with van der Waals surface area (Å²) in [4.78, 5) is 22.4. The topological polar surface area (TPSA) is 99.2 Å². The van der Waals surface area contributed by atoms with Gasteiger partial charge in [0, 0.05) is 37.6 Å². The van der Waals surface area contributed by atoms with E-state index in [1.165, 1.54) is 7.11 Å². The number of carbonyl (C=O) groups is 2. The van der Waals surface area contributed by atoms with E-state index >= 15 is 0 Å². The van der Waals surface area contributed by atoms with Gasteiger partial charge in [0.15, 0.2) is 0 Å². The molecule has 0 amide bonds. The number of aromatic nitrogens is 4. The monoisotopic (exact) mass is 374 g/mol. The fraction of sp³-hybridized carbons (Fsp3) is 0.579. The highest BCUT2D eigenvalue weighted by molar-refractivity contribution is 5.78. The van der Waals surface area contributed by atoms with Crippen molar-refractivity contribution in [1.29, 1.82) is 0 Å². The Balaban J connectivity index is 0.000000156. The largest absolute Gasteiger partial charge is 0.481 e. The van der Waals surface area contributed by atoms with Crippen LogP contribution in [0.1, 0.15) is 60.0 Å². The first-order valence-electron chi connectivity index (χ1n) is 9.26. The van der Waals surface area contributed by atoms with E-state index in [0.29, 0.717) is 0 Å². The number of carboxylic acid groups (broad SMARTS) is 1. The van der Waals surface area contributed by atoms with Crippen molar-refractivity contribution in [3.05, 3.63) is 34.9 Å². The molecule has 2 atom stereocenters. The van der Waals surface area contributed by atoms with Crippen LogP contribution >= 0.6 is 0 Å². The van der Waals surface area contributed by atoms with Crippen LogP contribution in [0.25, 0.3) is 0 Å². The molecule has 2 aliphatic carbocycles. The molecule has 1 N–H and O–H groups in total. The van der Waals surface area contributed by atoms with Crippen LogP contribution in [-0.4, -0.2) is 43.7 Å². The molecule has 146 valence electrons. The van der Waals surface area contributed by atoms with Crippen LogP contribution in [0.5, 0.6) is 0 Å². The fourth-order valence-corrected chi connectivity index (χ4v) is 3.98. The smallest absolute Gasteiger partial charge is 0.313 e. The fourth-order valence-electron chi connectivity index (χ4n) is 3.98. The van der Waals surface area contributed by atoms with Crippen LogP contribution in [0, 0.1) is 0 Å². The normalized spacial score (nSPS) is 20.7. The van der Waals surface area contributed by atoms with Crippen LogP contribution in [0.15, 0.2) is 12.4 Å². The number of aryl methyl sites for hydroxylation is 4. The van der Waals surface area contributed by atoms with Crippen LogP contribution in [0.2, 0.25) is 0 Å². The molecule has 8 heteroatoms. The van der Waals surface area contributed by atoms with Gasteiger partial charge in [-0.15, -0.1) is 0 Å². The van der Waals surface area contributed by atoms with E-state index in [1.807, 2.05) is 26.5 Å². The maximum atomic E-state index is 11.5. The first-order chi connectivity index (χ1) is 12.9. The highest BCUT2D eigenvalue weighted by atomic mass is 16.5.